The second-order valence-electron chi connectivity index (χ2n) is 13.6. The molecular formula is C47H27N3O3S2. The lowest BCUT2D eigenvalue weighted by molar-refractivity contribution is 0.668. The van der Waals surface area contributed by atoms with Gasteiger partial charge in [-0.2, -0.15) is 0 Å². The van der Waals surface area contributed by atoms with Gasteiger partial charge in [0.05, 0.1) is 33.9 Å². The summed E-state index contributed by atoms with van der Waals surface area (Å²) in [6.45, 7) is 0. The Morgan fingerprint density at radius 3 is 1.62 bits per heavy atom. The number of para-hydroxylation sites is 2. The highest BCUT2D eigenvalue weighted by molar-refractivity contribution is 7.23. The van der Waals surface area contributed by atoms with Crippen molar-refractivity contribution >= 4 is 131 Å². The summed E-state index contributed by atoms with van der Waals surface area (Å²) in [4.78, 5) is 9.51. The van der Waals surface area contributed by atoms with Crippen molar-refractivity contribution in [1.29, 1.82) is 0 Å². The Morgan fingerprint density at radius 1 is 0.418 bits per heavy atom. The highest BCUT2D eigenvalue weighted by Gasteiger charge is 2.22. The third-order valence-corrected chi connectivity index (χ3v) is 12.4. The lowest BCUT2D eigenvalue weighted by atomic mass is 10.1. The van der Waals surface area contributed by atoms with Gasteiger partial charge in [-0.15, -0.1) is 22.7 Å². The van der Waals surface area contributed by atoms with Gasteiger partial charge in [0, 0.05) is 55.9 Å². The van der Waals surface area contributed by atoms with E-state index in [0.717, 1.165) is 93.1 Å². The summed E-state index contributed by atoms with van der Waals surface area (Å²) in [5, 5.41) is 10.8. The fraction of sp³-hybridized carbons (Fsp3) is 0. The normalized spacial score (nSPS) is 12.0. The molecule has 260 valence electrons. The first-order valence-electron chi connectivity index (χ1n) is 18.0. The van der Waals surface area contributed by atoms with Crippen LogP contribution >= 0.6 is 22.7 Å². The molecular weight excluding hydrogens is 719 g/mol. The molecule has 6 nitrogen and oxygen atoms in total. The minimum Gasteiger partial charge on any atom is -0.456 e. The molecule has 0 N–H and O–H groups in total. The monoisotopic (exact) mass is 745 g/mol. The molecule has 0 unspecified atom stereocenters. The van der Waals surface area contributed by atoms with Crippen LogP contribution in [-0.2, 0) is 0 Å². The van der Waals surface area contributed by atoms with Gasteiger partial charge in [-0.05, 0) is 83.6 Å². The Balaban J connectivity index is 0.989. The number of hydrogen-bond acceptors (Lipinski definition) is 8. The van der Waals surface area contributed by atoms with Gasteiger partial charge in [-0.25, -0.2) is 4.98 Å². The van der Waals surface area contributed by atoms with E-state index in [1.807, 2.05) is 36.5 Å². The molecule has 6 aromatic heterocycles. The first-order valence-corrected chi connectivity index (χ1v) is 19.7. The Labute approximate surface area is 321 Å². The minimum atomic E-state index is 0.716. The van der Waals surface area contributed by atoms with Crippen LogP contribution in [0.4, 0.5) is 32.8 Å². The van der Waals surface area contributed by atoms with Gasteiger partial charge in [0.25, 0.3) is 0 Å². The molecule has 12 rings (SSSR count). The summed E-state index contributed by atoms with van der Waals surface area (Å²) < 4.78 is 20.6. The first kappa shape index (κ1) is 30.6. The van der Waals surface area contributed by atoms with Crippen molar-refractivity contribution in [1.82, 2.24) is 4.98 Å². The maximum atomic E-state index is 6.69. The van der Waals surface area contributed by atoms with Gasteiger partial charge in [-0.1, -0.05) is 54.6 Å². The number of hydrogen-bond donors (Lipinski definition) is 0. The molecule has 0 fully saturated rings. The number of fused-ring (bicyclic) bond motifs is 10. The van der Waals surface area contributed by atoms with Crippen molar-refractivity contribution in [2.24, 2.45) is 0 Å². The molecule has 0 saturated carbocycles. The van der Waals surface area contributed by atoms with E-state index < -0.39 is 0 Å². The summed E-state index contributed by atoms with van der Waals surface area (Å²) in [7, 11) is 0. The zero-order valence-electron chi connectivity index (χ0n) is 29.0. The average Bonchev–Trinajstić information content (AvgIpc) is 4.06. The van der Waals surface area contributed by atoms with Crippen LogP contribution in [0.15, 0.2) is 176 Å². The largest absolute Gasteiger partial charge is 0.456 e. The van der Waals surface area contributed by atoms with Gasteiger partial charge in [0.15, 0.2) is 5.58 Å². The van der Waals surface area contributed by atoms with Crippen LogP contribution in [0.5, 0.6) is 0 Å². The number of anilines is 6. The predicted octanol–water partition coefficient (Wildman–Crippen LogP) is 15.0. The third kappa shape index (κ3) is 4.82. The zero-order chi connectivity index (χ0) is 36.0. The fourth-order valence-electron chi connectivity index (χ4n) is 7.87. The molecule has 0 saturated heterocycles. The molecule has 0 bridgehead atoms. The average molecular weight is 746 g/mol. The van der Waals surface area contributed by atoms with Gasteiger partial charge in [0.1, 0.15) is 38.4 Å². The number of thiophene rings is 2. The van der Waals surface area contributed by atoms with Crippen molar-refractivity contribution in [3.8, 4) is 0 Å². The summed E-state index contributed by atoms with van der Waals surface area (Å²) in [5.74, 6) is 0. The van der Waals surface area contributed by atoms with E-state index in [1.54, 1.807) is 22.7 Å². The van der Waals surface area contributed by atoms with Crippen LogP contribution in [0.25, 0.3) is 76.0 Å². The van der Waals surface area contributed by atoms with Crippen LogP contribution in [0.2, 0.25) is 0 Å². The van der Waals surface area contributed by atoms with E-state index >= 15 is 0 Å². The second kappa shape index (κ2) is 11.8. The van der Waals surface area contributed by atoms with Crippen molar-refractivity contribution in [2.75, 3.05) is 9.80 Å². The molecule has 0 spiro atoms. The smallest absolute Gasteiger partial charge is 0.155 e. The summed E-state index contributed by atoms with van der Waals surface area (Å²) in [5.41, 5.74) is 9.61. The van der Waals surface area contributed by atoms with Crippen LogP contribution < -0.4 is 9.80 Å². The fourth-order valence-corrected chi connectivity index (χ4v) is 9.75. The van der Waals surface area contributed by atoms with Crippen molar-refractivity contribution in [3.63, 3.8) is 0 Å². The number of nitrogens with zero attached hydrogens (tertiary/aromatic N) is 3. The number of benzene rings is 6. The molecule has 0 radical (unpaired) electrons. The van der Waals surface area contributed by atoms with Crippen molar-refractivity contribution in [2.45, 2.75) is 0 Å². The van der Waals surface area contributed by atoms with Gasteiger partial charge >= 0.3 is 0 Å². The van der Waals surface area contributed by atoms with Gasteiger partial charge < -0.3 is 23.1 Å². The molecule has 55 heavy (non-hydrogen) atoms. The third-order valence-electron chi connectivity index (χ3n) is 10.4. The van der Waals surface area contributed by atoms with E-state index in [9.17, 15) is 0 Å². The van der Waals surface area contributed by atoms with Gasteiger partial charge in [-0.3, -0.25) is 0 Å². The molecule has 0 aliphatic heterocycles. The highest BCUT2D eigenvalue weighted by Crippen LogP contribution is 2.46. The first-order chi connectivity index (χ1) is 27.2. The lowest BCUT2D eigenvalue weighted by Gasteiger charge is -2.23. The van der Waals surface area contributed by atoms with Crippen LogP contribution in [0, 0.1) is 0 Å². The number of rotatable bonds is 6. The zero-order valence-corrected chi connectivity index (χ0v) is 30.6. The molecule has 6 heterocycles. The highest BCUT2D eigenvalue weighted by atomic mass is 32.1. The Morgan fingerprint density at radius 2 is 0.964 bits per heavy atom. The molecule has 12 aromatic rings. The molecule has 0 amide bonds. The topological polar surface area (TPSA) is 58.8 Å². The SMILES string of the molecule is c1csc(N(c2ccc3c(c2)oc2ccccc23)c2cnc3c(c2)oc2cc(N(c4ccc5c(c4)oc4ccccc45)c4cc5ccccc5s4)ccc23)c1. The van der Waals surface area contributed by atoms with E-state index in [0.29, 0.717) is 5.58 Å². The predicted molar refractivity (Wildman–Crippen MR) is 229 cm³/mol. The van der Waals surface area contributed by atoms with E-state index in [1.165, 1.54) is 10.1 Å². The minimum absolute atomic E-state index is 0.716. The number of pyridine rings is 1. The number of furan rings is 3. The van der Waals surface area contributed by atoms with Gasteiger partial charge in [0.2, 0.25) is 0 Å². The quantitative estimate of drug-likeness (QED) is 0.169. The van der Waals surface area contributed by atoms with Crippen molar-refractivity contribution in [3.05, 3.63) is 163 Å². The van der Waals surface area contributed by atoms with E-state index in [4.69, 9.17) is 18.2 Å². The van der Waals surface area contributed by atoms with E-state index in [2.05, 4.69) is 137 Å². The second-order valence-corrected chi connectivity index (χ2v) is 15.6. The molecule has 0 aliphatic carbocycles. The maximum absolute atomic E-state index is 6.69. The Bertz CT molecular complexity index is 3390. The van der Waals surface area contributed by atoms with Crippen LogP contribution in [-0.4, -0.2) is 4.98 Å². The lowest BCUT2D eigenvalue weighted by Crippen LogP contribution is -2.08. The maximum Gasteiger partial charge on any atom is 0.155 e. The van der Waals surface area contributed by atoms with Crippen molar-refractivity contribution < 1.29 is 13.3 Å². The van der Waals surface area contributed by atoms with Crippen LogP contribution in [0.3, 0.4) is 0 Å². The summed E-state index contributed by atoms with van der Waals surface area (Å²) in [6.07, 6.45) is 1.93. The Hall–Kier alpha value is -6.87. The summed E-state index contributed by atoms with van der Waals surface area (Å²) >= 11 is 3.43. The number of aromatic nitrogens is 1. The molecule has 0 aliphatic rings. The molecule has 0 atom stereocenters. The summed E-state index contributed by atoms with van der Waals surface area (Å²) in [6, 6.07) is 52.6. The molecule has 8 heteroatoms. The van der Waals surface area contributed by atoms with Crippen LogP contribution in [0.1, 0.15) is 0 Å². The standard InChI is InChI=1S/C47H27N3O3S2/c1-6-13-44-28(8-1)22-46(55-44)49(29-15-18-35-33-9-2-4-11-38(33)51-40(35)23-29)30-17-20-37-42(25-30)53-43-26-32(27-48-47(37)43)50(45-14-7-21-54-45)31-16-19-36-34-10-3-5-12-39(34)52-41(36)24-31/h1-27H. The van der Waals surface area contributed by atoms with E-state index in [-0.39, 0.29) is 0 Å². The molecule has 6 aromatic carbocycles. The Kier molecular flexibility index (Phi) is 6.57.